The maximum atomic E-state index is 13.9. The first-order chi connectivity index (χ1) is 17.6. The molecule has 0 aliphatic heterocycles. The van der Waals surface area contributed by atoms with E-state index in [0.717, 1.165) is 0 Å². The minimum atomic E-state index is -2.68. The number of aliphatic hydroxyl groups excluding tert-OH is 2. The molecule has 0 saturated heterocycles. The summed E-state index contributed by atoms with van der Waals surface area (Å²) in [5, 5.41) is 45.2. The third-order valence-electron chi connectivity index (χ3n) is 8.00. The summed E-state index contributed by atoms with van der Waals surface area (Å²) in [4.78, 5) is 54.1. The maximum absolute atomic E-state index is 13.9. The van der Waals surface area contributed by atoms with Crippen molar-refractivity contribution in [3.8, 4) is 5.75 Å². The van der Waals surface area contributed by atoms with Gasteiger partial charge >= 0.3 is 0 Å². The summed E-state index contributed by atoms with van der Waals surface area (Å²) in [5.41, 5.74) is 3.28. The molecule has 11 heteroatoms. The minimum Gasteiger partial charge on any atom is -0.508 e. The summed E-state index contributed by atoms with van der Waals surface area (Å²) in [6, 6.07) is 0.611. The number of primary amides is 1. The Morgan fingerprint density at radius 1 is 1.13 bits per heavy atom. The van der Waals surface area contributed by atoms with Crippen LogP contribution in [0.4, 0.5) is 5.69 Å². The Labute approximate surface area is 219 Å². The number of Topliss-reactive ketones (excluding diaryl/α,β-unsaturated/α-hetero) is 3. The average molecular weight is 528 g/mol. The van der Waals surface area contributed by atoms with Crippen molar-refractivity contribution in [2.45, 2.75) is 44.2 Å². The molecule has 0 bridgehead atoms. The zero-order valence-corrected chi connectivity index (χ0v) is 22.0. The van der Waals surface area contributed by atoms with E-state index < -0.39 is 58.0 Å². The molecule has 1 aromatic rings. The highest BCUT2D eigenvalue weighted by Crippen LogP contribution is 2.54. The van der Waals surface area contributed by atoms with E-state index in [1.165, 1.54) is 11.8 Å². The molecule has 0 heterocycles. The van der Waals surface area contributed by atoms with E-state index in [9.17, 15) is 39.6 Å². The Morgan fingerprint density at radius 3 is 2.29 bits per heavy atom. The number of nitrogens with zero attached hydrogens (tertiary/aromatic N) is 2. The summed E-state index contributed by atoms with van der Waals surface area (Å²) in [5.74, 6) is -6.95. The molecule has 1 fully saturated rings. The Bertz CT molecular complexity index is 1340. The van der Waals surface area contributed by atoms with E-state index in [0.29, 0.717) is 16.8 Å². The molecule has 3 aliphatic rings. The summed E-state index contributed by atoms with van der Waals surface area (Å²) >= 11 is 0. The van der Waals surface area contributed by atoms with Gasteiger partial charge in [0.15, 0.2) is 11.4 Å². The Balaban J connectivity index is 1.97. The third kappa shape index (κ3) is 3.80. The van der Waals surface area contributed by atoms with Crippen molar-refractivity contribution in [2.75, 3.05) is 33.1 Å². The highest BCUT2D eigenvalue weighted by atomic mass is 16.3. The molecular weight excluding hydrogens is 494 g/mol. The van der Waals surface area contributed by atoms with Crippen LogP contribution in [0.5, 0.6) is 5.75 Å². The SMILES string of the molecule is CC(=O)CCc1cc(N(C)C)c2c(c1O)C(O)=C1C(=O)[C@]3(O)C(O)=C(C(N)=O)C(=O)[C@@H](N(C)C)[C@@H]3C[C@@H]1C2. The number of aryl methyl sites for hydroxylation is 1. The second kappa shape index (κ2) is 9.25. The lowest BCUT2D eigenvalue weighted by atomic mass is 9.57. The predicted octanol–water partition coefficient (Wildman–Crippen LogP) is 0.552. The van der Waals surface area contributed by atoms with Crippen LogP contribution in [0.15, 0.2) is 23.0 Å². The molecule has 3 aliphatic carbocycles. The number of hydrogen-bond donors (Lipinski definition) is 5. The molecule has 38 heavy (non-hydrogen) atoms. The summed E-state index contributed by atoms with van der Waals surface area (Å²) in [6.07, 6.45) is 0.585. The molecule has 4 rings (SSSR count). The van der Waals surface area contributed by atoms with Gasteiger partial charge in [-0.2, -0.15) is 0 Å². The number of anilines is 1. The van der Waals surface area contributed by atoms with Crippen LogP contribution in [0, 0.1) is 11.8 Å². The number of hydrogen-bond acceptors (Lipinski definition) is 10. The summed E-state index contributed by atoms with van der Waals surface area (Å²) < 4.78 is 0. The normalized spacial score (nSPS) is 26.8. The fourth-order valence-corrected chi connectivity index (χ4v) is 6.25. The van der Waals surface area contributed by atoms with Crippen molar-refractivity contribution < 1.29 is 39.6 Å². The molecule has 0 aromatic heterocycles. The van der Waals surface area contributed by atoms with Crippen LogP contribution in [-0.4, -0.2) is 88.4 Å². The topological polar surface area (TPSA) is 182 Å². The first-order valence-corrected chi connectivity index (χ1v) is 12.3. The lowest BCUT2D eigenvalue weighted by Gasteiger charge is -2.50. The van der Waals surface area contributed by atoms with Gasteiger partial charge in [0.1, 0.15) is 28.6 Å². The molecule has 1 amide bonds. The number of ketones is 3. The van der Waals surface area contributed by atoms with Crippen molar-refractivity contribution in [1.82, 2.24) is 4.90 Å². The lowest BCUT2D eigenvalue weighted by Crippen LogP contribution is -2.65. The number of benzene rings is 1. The smallest absolute Gasteiger partial charge is 0.255 e. The van der Waals surface area contributed by atoms with Gasteiger partial charge in [0.05, 0.1) is 11.6 Å². The largest absolute Gasteiger partial charge is 0.508 e. The number of aromatic hydroxyl groups is 1. The summed E-state index contributed by atoms with van der Waals surface area (Å²) in [6.45, 7) is 1.43. The Hall–Kier alpha value is -3.70. The second-order valence-electron chi connectivity index (χ2n) is 10.8. The minimum absolute atomic E-state index is 0.0193. The van der Waals surface area contributed by atoms with Crippen molar-refractivity contribution >= 4 is 34.7 Å². The highest BCUT2D eigenvalue weighted by molar-refractivity contribution is 6.24. The van der Waals surface area contributed by atoms with Crippen LogP contribution in [0.2, 0.25) is 0 Å². The predicted molar refractivity (Wildman–Crippen MR) is 138 cm³/mol. The van der Waals surface area contributed by atoms with E-state index in [2.05, 4.69) is 0 Å². The van der Waals surface area contributed by atoms with Gasteiger partial charge in [-0.3, -0.25) is 19.3 Å². The summed E-state index contributed by atoms with van der Waals surface area (Å²) in [7, 11) is 6.69. The van der Waals surface area contributed by atoms with E-state index in [1.54, 1.807) is 39.2 Å². The number of amides is 1. The van der Waals surface area contributed by atoms with Crippen molar-refractivity contribution in [1.29, 1.82) is 0 Å². The number of phenolic OH excluding ortho intramolecular Hbond substituents is 1. The zero-order chi connectivity index (χ0) is 28.4. The van der Waals surface area contributed by atoms with E-state index in [1.807, 2.05) is 0 Å². The number of rotatable bonds is 6. The van der Waals surface area contributed by atoms with Gasteiger partial charge in [-0.05, 0) is 63.4 Å². The monoisotopic (exact) mass is 527 g/mol. The van der Waals surface area contributed by atoms with Crippen LogP contribution in [0.25, 0.3) is 5.76 Å². The number of aliphatic hydroxyl groups is 3. The van der Waals surface area contributed by atoms with Crippen molar-refractivity contribution in [3.63, 3.8) is 0 Å². The Kier molecular flexibility index (Phi) is 6.65. The molecule has 204 valence electrons. The molecule has 4 atom stereocenters. The van der Waals surface area contributed by atoms with Crippen LogP contribution in [0.1, 0.15) is 36.5 Å². The first-order valence-electron chi connectivity index (χ1n) is 12.3. The molecule has 11 nitrogen and oxygen atoms in total. The standard InChI is InChI=1S/C27H33N3O8/c1-11(31)6-7-12-10-16(29(2)3)14-8-13-9-15-20(30(4)5)23(34)19(26(28)37)25(36)27(15,38)24(35)17(13)22(33)18(14)21(12)32/h10,13,15,20,32-33,36,38H,6-9H2,1-5H3,(H2,28,37)/t13-,15-,20-,27-/m0/s1. The molecule has 0 radical (unpaired) electrons. The number of carbonyl (C=O) groups excluding carboxylic acids is 4. The van der Waals surface area contributed by atoms with Gasteiger partial charge in [0, 0.05) is 37.7 Å². The van der Waals surface area contributed by atoms with Gasteiger partial charge in [0.2, 0.25) is 5.78 Å². The van der Waals surface area contributed by atoms with E-state index in [4.69, 9.17) is 5.73 Å². The van der Waals surface area contributed by atoms with E-state index >= 15 is 0 Å². The second-order valence-corrected chi connectivity index (χ2v) is 10.8. The first kappa shape index (κ1) is 27.3. The number of fused-ring (bicyclic) bond motifs is 3. The highest BCUT2D eigenvalue weighted by Gasteiger charge is 2.64. The third-order valence-corrected chi connectivity index (χ3v) is 8.00. The van der Waals surface area contributed by atoms with Crippen molar-refractivity contribution in [2.24, 2.45) is 17.6 Å². The number of phenols is 1. The van der Waals surface area contributed by atoms with Crippen LogP contribution < -0.4 is 10.6 Å². The molecular formula is C27H33N3O8. The fourth-order valence-electron chi connectivity index (χ4n) is 6.25. The van der Waals surface area contributed by atoms with Crippen LogP contribution >= 0.6 is 0 Å². The number of nitrogens with two attached hydrogens (primary N) is 1. The maximum Gasteiger partial charge on any atom is 0.255 e. The number of carbonyl (C=O) groups is 4. The van der Waals surface area contributed by atoms with Crippen LogP contribution in [-0.2, 0) is 32.0 Å². The average Bonchev–Trinajstić information content (AvgIpc) is 2.80. The number of likely N-dealkylation sites (N-methyl/N-ethyl adjacent to an activating group) is 1. The van der Waals surface area contributed by atoms with Crippen LogP contribution in [0.3, 0.4) is 0 Å². The molecule has 6 N–H and O–H groups in total. The van der Waals surface area contributed by atoms with Gasteiger partial charge in [-0.25, -0.2) is 0 Å². The molecule has 1 saturated carbocycles. The van der Waals surface area contributed by atoms with Gasteiger partial charge in [-0.1, -0.05) is 0 Å². The fraction of sp³-hybridized carbons (Fsp3) is 0.481. The quantitative estimate of drug-likeness (QED) is 0.328. The lowest BCUT2D eigenvalue weighted by molar-refractivity contribution is -0.153. The van der Waals surface area contributed by atoms with Gasteiger partial charge < -0.3 is 35.9 Å². The van der Waals surface area contributed by atoms with Crippen molar-refractivity contribution in [3.05, 3.63) is 39.7 Å². The van der Waals surface area contributed by atoms with Gasteiger partial charge in [-0.15, -0.1) is 0 Å². The molecule has 1 aromatic carbocycles. The Morgan fingerprint density at radius 2 is 1.76 bits per heavy atom. The van der Waals surface area contributed by atoms with E-state index in [-0.39, 0.29) is 48.4 Å². The molecule has 0 spiro atoms. The van der Waals surface area contributed by atoms with Gasteiger partial charge in [0.25, 0.3) is 5.91 Å². The molecule has 0 unspecified atom stereocenters. The zero-order valence-electron chi connectivity index (χ0n) is 22.0.